The molecule has 0 aliphatic carbocycles. The van der Waals surface area contributed by atoms with Crippen molar-refractivity contribution in [3.05, 3.63) is 65.2 Å². The predicted octanol–water partition coefficient (Wildman–Crippen LogP) is 3.13. The fraction of sp³-hybridized carbons (Fsp3) is 0.455. The summed E-state index contributed by atoms with van der Waals surface area (Å²) in [6.45, 7) is 7.09. The third-order valence-corrected chi connectivity index (χ3v) is 10.9. The van der Waals surface area contributed by atoms with Gasteiger partial charge in [0.05, 0.1) is 6.54 Å². The molecule has 0 saturated carbocycles. The summed E-state index contributed by atoms with van der Waals surface area (Å²) in [5, 5.41) is 68.4. The van der Waals surface area contributed by atoms with E-state index in [1.807, 2.05) is 14.1 Å². The number of nitrogens with one attached hydrogen (secondary N) is 12. The Morgan fingerprint density at radius 2 is 1.22 bits per heavy atom. The van der Waals surface area contributed by atoms with E-state index >= 15 is 0 Å². The van der Waals surface area contributed by atoms with Crippen molar-refractivity contribution >= 4 is 69.8 Å². The topological polar surface area (TPSA) is 225 Å². The number of nitrogens with zero attached hydrogens (tertiary/aromatic N) is 3. The molecule has 0 atom stereocenters. The van der Waals surface area contributed by atoms with Crippen molar-refractivity contribution in [2.45, 2.75) is 46.1 Å². The molecule has 12 N–H and O–H groups in total. The zero-order valence-electron chi connectivity index (χ0n) is 30.3. The monoisotopic (exact) mass is 755 g/mol. The highest BCUT2D eigenvalue weighted by atomic mass is 32.1. The van der Waals surface area contributed by atoms with Gasteiger partial charge in [0.15, 0.2) is 35.8 Å². The van der Waals surface area contributed by atoms with Crippen molar-refractivity contribution in [1.82, 2.24) is 46.6 Å². The van der Waals surface area contributed by atoms with E-state index in [0.29, 0.717) is 32.7 Å². The largest absolute Gasteiger partial charge is 0.356 e. The molecule has 0 saturated heterocycles. The van der Waals surface area contributed by atoms with Crippen molar-refractivity contribution in [3.8, 4) is 0 Å². The molecule has 0 amide bonds. The minimum Gasteiger partial charge on any atom is -0.356 e. The summed E-state index contributed by atoms with van der Waals surface area (Å²) in [5.74, 6) is 0.740. The standard InChI is InChI=1S/C33H53N15S3/c1-21-7-8-25(50-21)11-15-42-30(36)45-33(39)48(6)19-27-18-24(22(2)51-27)10-14-41-29(35)44-32(38)47(5)16-12-26-17-23(20-49-26)9-13-40-28(34)43-31(37)46(3)4/h7-8,17-18,20H,9-16,19H2,1-6H3,(H4,34,37,40,43)(H4,35,38,41,44)(H4,36,39,42,45). The first-order valence-corrected chi connectivity index (χ1v) is 19.0. The zero-order chi connectivity index (χ0) is 37.5. The van der Waals surface area contributed by atoms with Crippen LogP contribution in [0, 0.1) is 46.3 Å². The minimum absolute atomic E-state index is 0.0764. The van der Waals surface area contributed by atoms with Gasteiger partial charge < -0.3 is 30.7 Å². The van der Waals surface area contributed by atoms with Gasteiger partial charge in [0.1, 0.15) is 0 Å². The first-order chi connectivity index (χ1) is 24.2. The normalized spacial score (nSPS) is 10.5. The first-order valence-electron chi connectivity index (χ1n) is 16.5. The van der Waals surface area contributed by atoms with Gasteiger partial charge in [-0.15, -0.1) is 34.0 Å². The number of thiophene rings is 3. The summed E-state index contributed by atoms with van der Waals surface area (Å²) in [4.78, 5) is 11.2. The molecule has 0 radical (unpaired) electrons. The van der Waals surface area contributed by atoms with Crippen LogP contribution in [-0.4, -0.2) is 105 Å². The van der Waals surface area contributed by atoms with Crippen LogP contribution in [0.1, 0.15) is 35.5 Å². The Balaban J connectivity index is 1.30. The summed E-state index contributed by atoms with van der Waals surface area (Å²) in [6, 6.07) is 8.50. The van der Waals surface area contributed by atoms with Gasteiger partial charge in [-0.25, -0.2) is 0 Å². The van der Waals surface area contributed by atoms with Crippen LogP contribution < -0.4 is 31.9 Å². The van der Waals surface area contributed by atoms with Crippen LogP contribution in [0.15, 0.2) is 29.6 Å². The molecule has 0 bridgehead atoms. The van der Waals surface area contributed by atoms with E-state index in [1.54, 1.807) is 62.8 Å². The summed E-state index contributed by atoms with van der Waals surface area (Å²) in [5.41, 5.74) is 2.36. The second-order valence-electron chi connectivity index (χ2n) is 12.2. The molecule has 3 rings (SSSR count). The Bertz CT molecular complexity index is 1650. The highest BCUT2D eigenvalue weighted by Gasteiger charge is 2.13. The number of rotatable bonds is 14. The summed E-state index contributed by atoms with van der Waals surface area (Å²) in [6.07, 6.45) is 3.10. The quantitative estimate of drug-likeness (QED) is 0.0857. The predicted molar refractivity (Wildman–Crippen MR) is 215 cm³/mol. The van der Waals surface area contributed by atoms with Gasteiger partial charge in [0.2, 0.25) is 0 Å². The molecule has 0 spiro atoms. The second-order valence-corrected chi connectivity index (χ2v) is 15.9. The minimum atomic E-state index is 0.0764. The van der Waals surface area contributed by atoms with Gasteiger partial charge in [-0.3, -0.25) is 48.4 Å². The molecule has 3 aromatic heterocycles. The van der Waals surface area contributed by atoms with E-state index in [1.165, 1.54) is 30.6 Å². The molecule has 51 heavy (non-hydrogen) atoms. The molecule has 0 unspecified atom stereocenters. The number of aryl methyl sites for hydroxylation is 2. The molecular weight excluding hydrogens is 703 g/mol. The first kappa shape index (κ1) is 40.7. The Morgan fingerprint density at radius 1 is 0.627 bits per heavy atom. The molecule has 0 fully saturated rings. The zero-order valence-corrected chi connectivity index (χ0v) is 32.8. The number of likely N-dealkylation sites (N-methyl/N-ethyl adjacent to an activating group) is 1. The molecule has 0 aliphatic rings. The van der Waals surface area contributed by atoms with Crippen LogP contribution in [0.5, 0.6) is 0 Å². The third-order valence-electron chi connectivity index (χ3n) is 7.69. The Labute approximate surface area is 313 Å². The van der Waals surface area contributed by atoms with Crippen LogP contribution in [0.4, 0.5) is 0 Å². The average Bonchev–Trinajstić information content (AvgIpc) is 3.79. The van der Waals surface area contributed by atoms with Crippen molar-refractivity contribution in [2.75, 3.05) is 54.4 Å². The van der Waals surface area contributed by atoms with Gasteiger partial charge in [-0.05, 0) is 80.3 Å². The van der Waals surface area contributed by atoms with E-state index in [4.69, 9.17) is 32.5 Å². The van der Waals surface area contributed by atoms with Crippen LogP contribution in [0.25, 0.3) is 0 Å². The van der Waals surface area contributed by atoms with Crippen LogP contribution in [0.3, 0.4) is 0 Å². The smallest absolute Gasteiger partial charge is 0.197 e. The molecule has 18 heteroatoms. The van der Waals surface area contributed by atoms with E-state index in [2.05, 4.69) is 75.4 Å². The average molecular weight is 756 g/mol. The molecular formula is C33H53N15S3. The molecule has 3 aromatic rings. The Hall–Kier alpha value is -4.68. The van der Waals surface area contributed by atoms with Crippen LogP contribution in [-0.2, 0) is 32.2 Å². The SMILES string of the molecule is Cc1ccc(CCNC(=N)NC(=N)N(C)Cc2cc(CCNC(=N)NC(=N)N(C)CCc3cc(CCNC(=N)NC(=N)N(C)C)cs3)c(C)s2)s1. The van der Waals surface area contributed by atoms with E-state index in [0.717, 1.165) is 30.6 Å². The lowest BCUT2D eigenvalue weighted by molar-refractivity contribution is 0.488. The van der Waals surface area contributed by atoms with Crippen LogP contribution >= 0.6 is 34.0 Å². The molecule has 278 valence electrons. The fourth-order valence-corrected chi connectivity index (χ4v) is 7.63. The highest BCUT2D eigenvalue weighted by Crippen LogP contribution is 2.23. The van der Waals surface area contributed by atoms with Crippen molar-refractivity contribution in [3.63, 3.8) is 0 Å². The maximum Gasteiger partial charge on any atom is 0.197 e. The number of hydrogen-bond donors (Lipinski definition) is 12. The van der Waals surface area contributed by atoms with E-state index < -0.39 is 0 Å². The number of hydrogen-bond acceptors (Lipinski definition) is 9. The highest BCUT2D eigenvalue weighted by molar-refractivity contribution is 7.12. The third kappa shape index (κ3) is 14.6. The maximum absolute atomic E-state index is 8.39. The maximum atomic E-state index is 8.39. The summed E-state index contributed by atoms with van der Waals surface area (Å²) in [7, 11) is 7.16. The Morgan fingerprint density at radius 3 is 1.82 bits per heavy atom. The van der Waals surface area contributed by atoms with Gasteiger partial charge in [0, 0.05) is 78.8 Å². The lowest BCUT2D eigenvalue weighted by Crippen LogP contribution is -2.47. The molecule has 0 aromatic carbocycles. The second kappa shape index (κ2) is 20.2. The lowest BCUT2D eigenvalue weighted by atomic mass is 10.2. The summed E-state index contributed by atoms with van der Waals surface area (Å²) < 4.78 is 0. The molecule has 15 nitrogen and oxygen atoms in total. The molecule has 3 heterocycles. The lowest BCUT2D eigenvalue weighted by Gasteiger charge is -2.21. The van der Waals surface area contributed by atoms with Crippen LogP contribution in [0.2, 0.25) is 0 Å². The van der Waals surface area contributed by atoms with Gasteiger partial charge in [-0.1, -0.05) is 0 Å². The number of guanidine groups is 6. The van der Waals surface area contributed by atoms with Crippen molar-refractivity contribution in [2.24, 2.45) is 0 Å². The summed E-state index contributed by atoms with van der Waals surface area (Å²) >= 11 is 5.12. The fourth-order valence-electron chi connectivity index (χ4n) is 4.68. The van der Waals surface area contributed by atoms with E-state index in [-0.39, 0.29) is 35.8 Å². The van der Waals surface area contributed by atoms with Gasteiger partial charge in [-0.2, -0.15) is 0 Å². The van der Waals surface area contributed by atoms with Crippen molar-refractivity contribution < 1.29 is 0 Å². The van der Waals surface area contributed by atoms with Gasteiger partial charge >= 0.3 is 0 Å². The van der Waals surface area contributed by atoms with Gasteiger partial charge in [0.25, 0.3) is 0 Å². The van der Waals surface area contributed by atoms with Crippen molar-refractivity contribution in [1.29, 1.82) is 32.5 Å². The van der Waals surface area contributed by atoms with E-state index in [9.17, 15) is 0 Å². The Kier molecular flexibility index (Phi) is 16.2. The molecule has 0 aliphatic heterocycles.